The summed E-state index contributed by atoms with van der Waals surface area (Å²) >= 11 is 14.3. The first kappa shape index (κ1) is 22.6. The lowest BCUT2D eigenvalue weighted by molar-refractivity contribution is 0.640. The second-order valence-electron chi connectivity index (χ2n) is 6.76. The monoisotopic (exact) mass is 606 g/mol. The van der Waals surface area contributed by atoms with E-state index < -0.39 is 0 Å². The Hall–Kier alpha value is 0.360. The molecule has 26 heavy (non-hydrogen) atoms. The minimum Gasteiger partial charge on any atom is -0.0876 e. The van der Waals surface area contributed by atoms with Gasteiger partial charge in [0.25, 0.3) is 0 Å². The number of rotatable bonds is 11. The Labute approximate surface area is 192 Å². The van der Waals surface area contributed by atoms with Crippen molar-refractivity contribution in [2.75, 3.05) is 0 Å². The fraction of sp³-hybridized carbons (Fsp3) is 0.455. The Balaban J connectivity index is 1.74. The van der Waals surface area contributed by atoms with Gasteiger partial charge < -0.3 is 0 Å². The molecular weight excluding hydrogens is 584 g/mol. The van der Waals surface area contributed by atoms with Gasteiger partial charge in [0.15, 0.2) is 0 Å². The molecule has 142 valence electrons. The summed E-state index contributed by atoms with van der Waals surface area (Å²) in [6, 6.07) is 13.9. The van der Waals surface area contributed by atoms with Crippen molar-refractivity contribution < 1.29 is 0 Å². The summed E-state index contributed by atoms with van der Waals surface area (Å²) in [5, 5.41) is 3.74. The summed E-state index contributed by atoms with van der Waals surface area (Å²) in [5.41, 5.74) is 8.47. The quantitative estimate of drug-likeness (QED) is 0.177. The number of alkyl halides is 4. The minimum absolute atomic E-state index is 0.935. The van der Waals surface area contributed by atoms with Gasteiger partial charge >= 0.3 is 0 Å². The molecule has 0 amide bonds. The lowest BCUT2D eigenvalue weighted by Crippen LogP contribution is -1.93. The molecule has 0 heterocycles. The van der Waals surface area contributed by atoms with Gasteiger partial charge in [-0.15, -0.1) is 0 Å². The van der Waals surface area contributed by atoms with Gasteiger partial charge in [-0.3, -0.25) is 0 Å². The van der Waals surface area contributed by atoms with Crippen LogP contribution in [-0.2, 0) is 34.2 Å². The molecule has 0 saturated heterocycles. The summed E-state index contributed by atoms with van der Waals surface area (Å²) in [6.45, 7) is 0. The number of halogens is 4. The van der Waals surface area contributed by atoms with E-state index in [1.807, 2.05) is 0 Å². The molecule has 2 rings (SSSR count). The van der Waals surface area contributed by atoms with Gasteiger partial charge in [-0.2, -0.15) is 0 Å². The Morgan fingerprint density at radius 3 is 0.923 bits per heavy atom. The molecule has 0 saturated carbocycles. The first-order chi connectivity index (χ1) is 12.7. The SMILES string of the molecule is BrCc1cc(CBr)cc(CCCCCCc2cc(CBr)cc(CBr)c2)c1. The van der Waals surface area contributed by atoms with Crippen LogP contribution in [0.5, 0.6) is 0 Å². The maximum Gasteiger partial charge on any atom is 0.0283 e. The van der Waals surface area contributed by atoms with Crippen LogP contribution in [0.15, 0.2) is 36.4 Å². The van der Waals surface area contributed by atoms with E-state index in [4.69, 9.17) is 0 Å². The van der Waals surface area contributed by atoms with Gasteiger partial charge in [0, 0.05) is 21.3 Å². The van der Waals surface area contributed by atoms with E-state index >= 15 is 0 Å². The van der Waals surface area contributed by atoms with Gasteiger partial charge in [-0.1, -0.05) is 113 Å². The summed E-state index contributed by atoms with van der Waals surface area (Å²) < 4.78 is 0. The molecule has 2 aromatic carbocycles. The molecule has 0 aliphatic carbocycles. The fourth-order valence-electron chi connectivity index (χ4n) is 3.29. The van der Waals surface area contributed by atoms with Gasteiger partial charge in [-0.25, -0.2) is 0 Å². The van der Waals surface area contributed by atoms with E-state index in [1.165, 1.54) is 71.9 Å². The molecule has 0 bridgehead atoms. The highest BCUT2D eigenvalue weighted by molar-refractivity contribution is 9.09. The second kappa shape index (κ2) is 12.7. The van der Waals surface area contributed by atoms with E-state index in [1.54, 1.807) is 0 Å². The van der Waals surface area contributed by atoms with Crippen LogP contribution in [0.1, 0.15) is 59.1 Å². The van der Waals surface area contributed by atoms with Crippen molar-refractivity contribution in [2.24, 2.45) is 0 Å². The van der Waals surface area contributed by atoms with Crippen molar-refractivity contribution in [1.29, 1.82) is 0 Å². The standard InChI is InChI=1S/C22H26Br4/c23-13-19-7-17(8-20(11-19)14-24)5-3-1-2-4-6-18-9-21(15-25)12-22(10-18)16-26/h7-12H,1-6,13-16H2. The first-order valence-corrected chi connectivity index (χ1v) is 13.6. The number of unbranched alkanes of at least 4 members (excludes halogenated alkanes) is 3. The predicted octanol–water partition coefficient (Wildman–Crippen LogP) is 8.61. The molecule has 2 aromatic rings. The summed E-state index contributed by atoms with van der Waals surface area (Å²) in [7, 11) is 0. The van der Waals surface area contributed by atoms with Crippen molar-refractivity contribution in [2.45, 2.75) is 59.8 Å². The molecule has 0 radical (unpaired) electrons. The Bertz CT molecular complexity index is 578. The summed E-state index contributed by atoms with van der Waals surface area (Å²) in [5.74, 6) is 0. The highest BCUT2D eigenvalue weighted by Gasteiger charge is 2.03. The topological polar surface area (TPSA) is 0 Å². The molecule has 0 nitrogen and oxygen atoms in total. The zero-order valence-electron chi connectivity index (χ0n) is 15.0. The van der Waals surface area contributed by atoms with E-state index in [9.17, 15) is 0 Å². The van der Waals surface area contributed by atoms with Crippen LogP contribution in [0.3, 0.4) is 0 Å². The lowest BCUT2D eigenvalue weighted by atomic mass is 9.99. The lowest BCUT2D eigenvalue weighted by Gasteiger charge is -2.08. The Morgan fingerprint density at radius 2 is 0.654 bits per heavy atom. The predicted molar refractivity (Wildman–Crippen MR) is 129 cm³/mol. The van der Waals surface area contributed by atoms with Crippen LogP contribution in [-0.4, -0.2) is 0 Å². The van der Waals surface area contributed by atoms with E-state index in [2.05, 4.69) is 100 Å². The zero-order valence-corrected chi connectivity index (χ0v) is 21.4. The van der Waals surface area contributed by atoms with Crippen molar-refractivity contribution >= 4 is 63.7 Å². The van der Waals surface area contributed by atoms with Crippen molar-refractivity contribution in [1.82, 2.24) is 0 Å². The molecule has 0 aromatic heterocycles. The molecule has 0 fully saturated rings. The maximum absolute atomic E-state index is 3.58. The van der Waals surface area contributed by atoms with Crippen molar-refractivity contribution in [3.8, 4) is 0 Å². The van der Waals surface area contributed by atoms with E-state index in [-0.39, 0.29) is 0 Å². The normalized spacial score (nSPS) is 11.1. The molecule has 0 aliphatic heterocycles. The van der Waals surface area contributed by atoms with Crippen LogP contribution >= 0.6 is 63.7 Å². The average Bonchev–Trinajstić information content (AvgIpc) is 2.69. The summed E-state index contributed by atoms with van der Waals surface area (Å²) in [6.07, 6.45) is 7.56. The smallest absolute Gasteiger partial charge is 0.0283 e. The Kier molecular flexibility index (Phi) is 11.1. The number of benzene rings is 2. The maximum atomic E-state index is 3.58. The minimum atomic E-state index is 0.935. The third kappa shape index (κ3) is 7.77. The molecule has 0 N–H and O–H groups in total. The fourth-order valence-corrected chi connectivity index (χ4v) is 4.58. The first-order valence-electron chi connectivity index (χ1n) is 9.15. The van der Waals surface area contributed by atoms with Gasteiger partial charge in [0.05, 0.1) is 0 Å². The van der Waals surface area contributed by atoms with Gasteiger partial charge in [-0.05, 0) is 59.1 Å². The zero-order chi connectivity index (χ0) is 18.8. The molecule has 4 heteroatoms. The molecule has 0 atom stereocenters. The van der Waals surface area contributed by atoms with Crippen LogP contribution < -0.4 is 0 Å². The van der Waals surface area contributed by atoms with Crippen LogP contribution in [0.25, 0.3) is 0 Å². The third-order valence-corrected chi connectivity index (χ3v) is 7.11. The third-order valence-electron chi connectivity index (χ3n) is 4.52. The van der Waals surface area contributed by atoms with E-state index in [0.29, 0.717) is 0 Å². The second-order valence-corrected chi connectivity index (χ2v) is 9.01. The van der Waals surface area contributed by atoms with Crippen LogP contribution in [0, 0.1) is 0 Å². The molecule has 0 aliphatic rings. The van der Waals surface area contributed by atoms with Crippen molar-refractivity contribution in [3.05, 3.63) is 69.8 Å². The number of aryl methyl sites for hydroxylation is 2. The van der Waals surface area contributed by atoms with Crippen LogP contribution in [0.4, 0.5) is 0 Å². The molecule has 0 spiro atoms. The highest BCUT2D eigenvalue weighted by Crippen LogP contribution is 2.20. The Morgan fingerprint density at radius 1 is 0.385 bits per heavy atom. The van der Waals surface area contributed by atoms with Gasteiger partial charge in [0.1, 0.15) is 0 Å². The molecular formula is C22H26Br4. The summed E-state index contributed by atoms with van der Waals surface area (Å²) in [4.78, 5) is 0. The number of hydrogen-bond acceptors (Lipinski definition) is 0. The van der Waals surface area contributed by atoms with Crippen LogP contribution in [0.2, 0.25) is 0 Å². The largest absolute Gasteiger partial charge is 0.0876 e. The van der Waals surface area contributed by atoms with Gasteiger partial charge in [0.2, 0.25) is 0 Å². The van der Waals surface area contributed by atoms with Crippen molar-refractivity contribution in [3.63, 3.8) is 0 Å². The molecule has 0 unspecified atom stereocenters. The van der Waals surface area contributed by atoms with E-state index in [0.717, 1.165) is 21.3 Å². The number of hydrogen-bond donors (Lipinski definition) is 0. The highest BCUT2D eigenvalue weighted by atomic mass is 79.9. The average molecular weight is 610 g/mol.